The number of hydrogen-bond donors (Lipinski definition) is 0. The molecule has 2 fully saturated rings. The normalized spacial score (nSPS) is 25.2. The maximum atomic E-state index is 15.2. The highest BCUT2D eigenvalue weighted by molar-refractivity contribution is 6.49. The van der Waals surface area contributed by atoms with Crippen molar-refractivity contribution in [2.24, 2.45) is 0 Å². The number of carbonyl (C=O) groups excluding carboxylic acids is 5. The number of esters is 3. The van der Waals surface area contributed by atoms with E-state index in [1.165, 1.54) is 14.0 Å². The van der Waals surface area contributed by atoms with Crippen molar-refractivity contribution in [2.75, 3.05) is 20.3 Å². The predicted molar refractivity (Wildman–Crippen MR) is 258 cm³/mol. The Morgan fingerprint density at radius 3 is 1.31 bits per heavy atom. The molecular weight excluding hydrogens is 927 g/mol. The van der Waals surface area contributed by atoms with Crippen LogP contribution in [0.3, 0.4) is 0 Å². The molecule has 2 saturated heterocycles. The van der Waals surface area contributed by atoms with Gasteiger partial charge in [-0.2, -0.15) is 0 Å². The first-order valence-electron chi connectivity index (χ1n) is 23.6. The van der Waals surface area contributed by atoms with Crippen molar-refractivity contribution in [3.63, 3.8) is 0 Å². The summed E-state index contributed by atoms with van der Waals surface area (Å²) >= 11 is 0. The van der Waals surface area contributed by atoms with E-state index in [0.29, 0.717) is 11.1 Å². The zero-order chi connectivity index (χ0) is 50.6. The summed E-state index contributed by atoms with van der Waals surface area (Å²) in [5, 5.41) is 0. The monoisotopic (exact) mass is 983 g/mol. The van der Waals surface area contributed by atoms with Crippen LogP contribution in [0.25, 0.3) is 11.1 Å². The molecule has 0 aliphatic carbocycles. The highest BCUT2D eigenvalue weighted by atomic mass is 16.7. The van der Waals surface area contributed by atoms with Gasteiger partial charge in [-0.15, -0.1) is 0 Å². The summed E-state index contributed by atoms with van der Waals surface area (Å²) in [4.78, 5) is 69.7. The molecule has 10 atom stereocenters. The molecule has 0 spiro atoms. The lowest BCUT2D eigenvalue weighted by molar-refractivity contribution is -0.337. The maximum Gasteiger partial charge on any atom is 0.303 e. The van der Waals surface area contributed by atoms with Crippen molar-refractivity contribution in [2.45, 2.75) is 102 Å². The minimum absolute atomic E-state index is 0.0612. The van der Waals surface area contributed by atoms with Crippen LogP contribution in [0.5, 0.6) is 0 Å². The first-order valence-corrected chi connectivity index (χ1v) is 23.6. The Kier molecular flexibility index (Phi) is 17.5. The van der Waals surface area contributed by atoms with Crippen LogP contribution in [-0.4, -0.2) is 116 Å². The van der Waals surface area contributed by atoms with E-state index in [4.69, 9.17) is 47.4 Å². The van der Waals surface area contributed by atoms with Gasteiger partial charge >= 0.3 is 17.9 Å². The molecule has 0 bridgehead atoms. The lowest BCUT2D eigenvalue weighted by Crippen LogP contribution is -2.68. The molecule has 0 aromatic heterocycles. The molecule has 2 amide bonds. The van der Waals surface area contributed by atoms with Gasteiger partial charge in [0.25, 0.3) is 11.8 Å². The van der Waals surface area contributed by atoms with Crippen molar-refractivity contribution < 1.29 is 71.3 Å². The van der Waals surface area contributed by atoms with Crippen molar-refractivity contribution in [3.05, 3.63) is 179 Å². The van der Waals surface area contributed by atoms with Gasteiger partial charge in [0, 0.05) is 27.9 Å². The first-order chi connectivity index (χ1) is 35.0. The number of benzene rings is 5. The van der Waals surface area contributed by atoms with Gasteiger partial charge in [-0.3, -0.25) is 28.9 Å². The number of imide groups is 1. The number of amides is 2. The minimum Gasteiger partial charge on any atom is -0.463 e. The Morgan fingerprint density at radius 1 is 0.458 bits per heavy atom. The van der Waals surface area contributed by atoms with E-state index in [1.807, 2.05) is 91.0 Å². The van der Waals surface area contributed by atoms with Gasteiger partial charge in [-0.25, -0.2) is 0 Å². The topological polar surface area (TPSA) is 181 Å². The Hall–Kier alpha value is -6.89. The molecule has 16 nitrogen and oxygen atoms in total. The molecule has 16 heteroatoms. The van der Waals surface area contributed by atoms with Crippen LogP contribution >= 0.6 is 0 Å². The summed E-state index contributed by atoms with van der Waals surface area (Å²) in [6, 6.07) is 44.4. The third kappa shape index (κ3) is 12.4. The molecular formula is C56H57NO15. The van der Waals surface area contributed by atoms with Crippen molar-refractivity contribution in [1.82, 2.24) is 4.90 Å². The van der Waals surface area contributed by atoms with E-state index < -0.39 is 97.7 Å². The molecule has 0 saturated carbocycles. The van der Waals surface area contributed by atoms with Gasteiger partial charge in [-0.1, -0.05) is 152 Å². The Bertz CT molecular complexity index is 2570. The summed E-state index contributed by atoms with van der Waals surface area (Å²) in [6.45, 7) is 2.99. The summed E-state index contributed by atoms with van der Waals surface area (Å²) in [7, 11) is 1.48. The largest absolute Gasteiger partial charge is 0.463 e. The Labute approximate surface area is 417 Å². The van der Waals surface area contributed by atoms with Crippen molar-refractivity contribution in [1.29, 1.82) is 0 Å². The summed E-state index contributed by atoms with van der Waals surface area (Å²) in [5.41, 5.74) is 3.61. The fraction of sp³-hybridized carbons (Fsp3) is 0.339. The van der Waals surface area contributed by atoms with E-state index in [1.54, 1.807) is 60.7 Å². The second-order valence-electron chi connectivity index (χ2n) is 17.3. The maximum absolute atomic E-state index is 15.2. The van der Waals surface area contributed by atoms with Gasteiger partial charge in [0.1, 0.15) is 43.2 Å². The lowest BCUT2D eigenvalue weighted by atomic mass is 9.94. The molecule has 5 aromatic carbocycles. The molecule has 0 radical (unpaired) electrons. The quantitative estimate of drug-likeness (QED) is 0.0460. The van der Waals surface area contributed by atoms with Gasteiger partial charge in [-0.05, 0) is 27.8 Å². The molecule has 3 heterocycles. The SMILES string of the molecule is CO[C@H]1O[C@H](CO[C@@H]2O[C@H](COC(C)=O)[C@@H](OC(C)=O)[C@H](OC(C)=O)[C@H]2N2C(=O)C(c3ccccc3)=C(c3ccccc3)C2=O)[C@@H](OCc2ccccc2)[C@H](OCc2ccccc2)[C@H]1OCc1ccccc1. The zero-order valence-corrected chi connectivity index (χ0v) is 40.3. The van der Waals surface area contributed by atoms with Gasteiger partial charge in [0.2, 0.25) is 0 Å². The van der Waals surface area contributed by atoms with Crippen LogP contribution in [0, 0.1) is 0 Å². The average Bonchev–Trinajstić information content (AvgIpc) is 3.65. The number of nitrogens with zero attached hydrogens (tertiary/aromatic N) is 1. The van der Waals surface area contributed by atoms with E-state index in [0.717, 1.165) is 35.4 Å². The second kappa shape index (κ2) is 24.5. The highest BCUT2D eigenvalue weighted by Gasteiger charge is 2.59. The molecule has 8 rings (SSSR count). The molecule has 0 N–H and O–H groups in total. The molecule has 3 aliphatic rings. The lowest BCUT2D eigenvalue weighted by Gasteiger charge is -2.48. The Morgan fingerprint density at radius 2 is 0.861 bits per heavy atom. The predicted octanol–water partition coefficient (Wildman–Crippen LogP) is 6.63. The van der Waals surface area contributed by atoms with E-state index in [-0.39, 0.29) is 37.6 Å². The molecule has 72 heavy (non-hydrogen) atoms. The number of ether oxygens (including phenoxy) is 10. The molecule has 3 aliphatic heterocycles. The van der Waals surface area contributed by atoms with Crippen LogP contribution in [0.15, 0.2) is 152 Å². The standard InChI is InChI=1S/C56H57NO15/c1-35(58)64-33-44-49(69-36(2)59)50(70-37(3)60)47(57-53(61)45(41-26-16-8-17-27-41)46(54(57)62)42-28-18-9-19-29-42)55(71-44)68-34-43-48(65-30-38-20-10-5-11-21-38)51(66-31-39-22-12-6-13-23-39)52(56(63-4)72-43)67-32-40-24-14-7-15-25-40/h5-29,43-44,47-52,55-56H,30-34H2,1-4H3/t43-,44-,47-,48-,49-,50-,51+,52-,55-,56+/m1/s1. The van der Waals surface area contributed by atoms with Crippen LogP contribution in [0.4, 0.5) is 0 Å². The summed E-state index contributed by atoms with van der Waals surface area (Å²) < 4.78 is 63.5. The number of carbonyl (C=O) groups is 5. The molecule has 0 unspecified atom stereocenters. The first kappa shape index (κ1) is 51.5. The third-order valence-electron chi connectivity index (χ3n) is 12.3. The van der Waals surface area contributed by atoms with Crippen molar-refractivity contribution >= 4 is 40.9 Å². The van der Waals surface area contributed by atoms with E-state index >= 15 is 9.59 Å². The average molecular weight is 984 g/mol. The van der Waals surface area contributed by atoms with Crippen molar-refractivity contribution in [3.8, 4) is 0 Å². The highest BCUT2D eigenvalue weighted by Crippen LogP contribution is 2.42. The van der Waals surface area contributed by atoms with Crippen LogP contribution in [0.1, 0.15) is 48.6 Å². The molecule has 376 valence electrons. The van der Waals surface area contributed by atoms with E-state index in [9.17, 15) is 14.4 Å². The van der Waals surface area contributed by atoms with Gasteiger partial charge < -0.3 is 47.4 Å². The Balaban J connectivity index is 1.20. The fourth-order valence-electron chi connectivity index (χ4n) is 9.12. The number of hydrogen-bond acceptors (Lipinski definition) is 15. The number of methoxy groups -OCH3 is 1. The summed E-state index contributed by atoms with van der Waals surface area (Å²) in [5.74, 6) is -3.89. The molecule has 5 aromatic rings. The van der Waals surface area contributed by atoms with Crippen LogP contribution in [0.2, 0.25) is 0 Å². The van der Waals surface area contributed by atoms with Gasteiger partial charge in [0.15, 0.2) is 24.8 Å². The van der Waals surface area contributed by atoms with Crippen LogP contribution in [-0.2, 0) is 91.2 Å². The minimum atomic E-state index is -1.67. The van der Waals surface area contributed by atoms with Gasteiger partial charge in [0.05, 0.1) is 37.6 Å². The third-order valence-corrected chi connectivity index (χ3v) is 12.3. The number of rotatable bonds is 20. The smallest absolute Gasteiger partial charge is 0.303 e. The second-order valence-corrected chi connectivity index (χ2v) is 17.3. The van der Waals surface area contributed by atoms with Crippen LogP contribution < -0.4 is 0 Å². The van der Waals surface area contributed by atoms with E-state index in [2.05, 4.69) is 0 Å². The fourth-order valence-corrected chi connectivity index (χ4v) is 9.12. The summed E-state index contributed by atoms with van der Waals surface area (Å²) in [6.07, 6.45) is -11.0. The zero-order valence-electron chi connectivity index (χ0n) is 40.3.